The van der Waals surface area contributed by atoms with Crippen molar-refractivity contribution in [2.75, 3.05) is 6.54 Å². The molecule has 1 aromatic rings. The normalized spacial score (nSPS) is 9.77. The van der Waals surface area contributed by atoms with Crippen LogP contribution in [-0.2, 0) is 4.79 Å². The van der Waals surface area contributed by atoms with Gasteiger partial charge in [-0.3, -0.25) is 4.79 Å². The maximum Gasteiger partial charge on any atom is 0.325 e. The Balaban J connectivity index is 2.87. The Bertz CT molecular complexity index is 328. The highest BCUT2D eigenvalue weighted by molar-refractivity contribution is 5.74. The molecule has 0 aromatic heterocycles. The highest BCUT2D eigenvalue weighted by Crippen LogP contribution is 2.17. The van der Waals surface area contributed by atoms with Gasteiger partial charge in [0.2, 0.25) is 0 Å². The van der Waals surface area contributed by atoms with Crippen LogP contribution in [0.4, 0.5) is 8.78 Å². The standard InChI is InChI=1S/C8H7F2NO2/c9-5-1-2-6(10)7(3-5)13-8(12)4-11/h1-3H,4,11H2. The number of esters is 1. The van der Waals surface area contributed by atoms with Gasteiger partial charge in [0.05, 0.1) is 6.54 Å². The van der Waals surface area contributed by atoms with Gasteiger partial charge in [-0.15, -0.1) is 0 Å². The van der Waals surface area contributed by atoms with Crippen molar-refractivity contribution in [3.8, 4) is 5.75 Å². The molecule has 0 saturated heterocycles. The first-order valence-electron chi connectivity index (χ1n) is 3.49. The van der Waals surface area contributed by atoms with E-state index in [1.54, 1.807) is 0 Å². The van der Waals surface area contributed by atoms with E-state index in [4.69, 9.17) is 5.73 Å². The highest BCUT2D eigenvalue weighted by Gasteiger charge is 2.08. The molecule has 0 aliphatic heterocycles. The van der Waals surface area contributed by atoms with Gasteiger partial charge in [-0.25, -0.2) is 8.78 Å². The molecule has 3 nitrogen and oxygen atoms in total. The maximum absolute atomic E-state index is 12.8. The predicted molar refractivity (Wildman–Crippen MR) is 41.0 cm³/mol. The van der Waals surface area contributed by atoms with Gasteiger partial charge in [0.25, 0.3) is 0 Å². The molecule has 1 aromatic carbocycles. The van der Waals surface area contributed by atoms with E-state index in [0.717, 1.165) is 18.2 Å². The smallest absolute Gasteiger partial charge is 0.325 e. The molecule has 0 aliphatic carbocycles. The van der Waals surface area contributed by atoms with Gasteiger partial charge < -0.3 is 10.5 Å². The number of rotatable bonds is 2. The summed E-state index contributed by atoms with van der Waals surface area (Å²) >= 11 is 0. The van der Waals surface area contributed by atoms with E-state index < -0.39 is 23.4 Å². The fourth-order valence-electron chi connectivity index (χ4n) is 0.720. The SMILES string of the molecule is NCC(=O)Oc1cc(F)ccc1F. The summed E-state index contributed by atoms with van der Waals surface area (Å²) in [6, 6.07) is 2.58. The molecule has 0 unspecified atom stereocenters. The second kappa shape index (κ2) is 3.95. The molecule has 1 rings (SSSR count). The zero-order valence-electron chi connectivity index (χ0n) is 6.59. The van der Waals surface area contributed by atoms with Gasteiger partial charge in [-0.1, -0.05) is 0 Å². The van der Waals surface area contributed by atoms with E-state index in [0.29, 0.717) is 0 Å². The summed E-state index contributed by atoms with van der Waals surface area (Å²) in [5.74, 6) is -2.75. The minimum Gasteiger partial charge on any atom is -0.422 e. The number of carbonyl (C=O) groups excluding carboxylic acids is 1. The van der Waals surface area contributed by atoms with E-state index in [9.17, 15) is 13.6 Å². The Morgan fingerprint density at radius 2 is 2.15 bits per heavy atom. The van der Waals surface area contributed by atoms with Gasteiger partial charge in [-0.05, 0) is 12.1 Å². The van der Waals surface area contributed by atoms with Crippen molar-refractivity contribution in [1.82, 2.24) is 0 Å². The lowest BCUT2D eigenvalue weighted by Crippen LogP contribution is -2.20. The second-order valence-corrected chi connectivity index (χ2v) is 2.25. The van der Waals surface area contributed by atoms with E-state index in [-0.39, 0.29) is 6.54 Å². The van der Waals surface area contributed by atoms with Gasteiger partial charge in [0, 0.05) is 6.07 Å². The largest absolute Gasteiger partial charge is 0.422 e. The van der Waals surface area contributed by atoms with Gasteiger partial charge in [0.1, 0.15) is 5.82 Å². The van der Waals surface area contributed by atoms with Crippen LogP contribution in [0, 0.1) is 11.6 Å². The topological polar surface area (TPSA) is 52.3 Å². The molecule has 0 atom stereocenters. The quantitative estimate of drug-likeness (QED) is 0.551. The zero-order chi connectivity index (χ0) is 9.84. The van der Waals surface area contributed by atoms with Crippen LogP contribution < -0.4 is 10.5 Å². The molecule has 0 heterocycles. The first-order chi connectivity index (χ1) is 6.13. The molecular formula is C8H7F2NO2. The summed E-state index contributed by atoms with van der Waals surface area (Å²) in [4.78, 5) is 10.6. The molecule has 2 N–H and O–H groups in total. The number of carbonyl (C=O) groups is 1. The molecule has 5 heteroatoms. The number of hydrogen-bond donors (Lipinski definition) is 1. The molecule has 0 aliphatic rings. The molecular weight excluding hydrogens is 180 g/mol. The van der Waals surface area contributed by atoms with Crippen LogP contribution in [0.15, 0.2) is 18.2 Å². The third-order valence-electron chi connectivity index (χ3n) is 1.28. The third kappa shape index (κ3) is 2.48. The average molecular weight is 187 g/mol. The summed E-state index contributed by atoms with van der Waals surface area (Å²) < 4.78 is 29.7. The summed E-state index contributed by atoms with van der Waals surface area (Å²) in [5.41, 5.74) is 4.92. The van der Waals surface area contributed by atoms with E-state index >= 15 is 0 Å². The van der Waals surface area contributed by atoms with Gasteiger partial charge in [-0.2, -0.15) is 0 Å². The minimum atomic E-state index is -0.815. The Morgan fingerprint density at radius 1 is 1.46 bits per heavy atom. The van der Waals surface area contributed by atoms with Crippen molar-refractivity contribution in [3.63, 3.8) is 0 Å². The lowest BCUT2D eigenvalue weighted by atomic mass is 10.3. The van der Waals surface area contributed by atoms with Crippen molar-refractivity contribution in [2.45, 2.75) is 0 Å². The summed E-state index contributed by atoms with van der Waals surface area (Å²) in [6.07, 6.45) is 0. The Kier molecular flexibility index (Phi) is 2.92. The third-order valence-corrected chi connectivity index (χ3v) is 1.28. The van der Waals surface area contributed by atoms with E-state index in [1.807, 2.05) is 0 Å². The average Bonchev–Trinajstić information content (AvgIpc) is 2.11. The molecule has 70 valence electrons. The fourth-order valence-corrected chi connectivity index (χ4v) is 0.720. The fraction of sp³-hybridized carbons (Fsp3) is 0.125. The molecule has 13 heavy (non-hydrogen) atoms. The number of hydrogen-bond acceptors (Lipinski definition) is 3. The Labute approximate surface area is 73.1 Å². The predicted octanol–water partition coefficient (Wildman–Crippen LogP) is 0.829. The zero-order valence-corrected chi connectivity index (χ0v) is 6.59. The van der Waals surface area contributed by atoms with Crippen molar-refractivity contribution < 1.29 is 18.3 Å². The van der Waals surface area contributed by atoms with Crippen LogP contribution >= 0.6 is 0 Å². The lowest BCUT2D eigenvalue weighted by Gasteiger charge is -2.02. The van der Waals surface area contributed by atoms with Crippen molar-refractivity contribution in [3.05, 3.63) is 29.8 Å². The van der Waals surface area contributed by atoms with Crippen LogP contribution in [0.3, 0.4) is 0 Å². The maximum atomic E-state index is 12.8. The summed E-state index contributed by atoms with van der Waals surface area (Å²) in [5, 5.41) is 0. The molecule has 0 fully saturated rings. The monoisotopic (exact) mass is 187 g/mol. The highest BCUT2D eigenvalue weighted by atomic mass is 19.1. The number of nitrogens with two attached hydrogens (primary N) is 1. The first kappa shape index (κ1) is 9.60. The number of halogens is 2. The van der Waals surface area contributed by atoms with Crippen molar-refractivity contribution in [2.24, 2.45) is 5.73 Å². The van der Waals surface area contributed by atoms with Crippen LogP contribution in [-0.4, -0.2) is 12.5 Å². The van der Waals surface area contributed by atoms with E-state index in [2.05, 4.69) is 4.74 Å². The molecule has 0 saturated carbocycles. The van der Waals surface area contributed by atoms with Crippen molar-refractivity contribution in [1.29, 1.82) is 0 Å². The second-order valence-electron chi connectivity index (χ2n) is 2.25. The summed E-state index contributed by atoms with van der Waals surface area (Å²) in [7, 11) is 0. The number of ether oxygens (including phenoxy) is 1. The Hall–Kier alpha value is -1.49. The molecule has 0 spiro atoms. The first-order valence-corrected chi connectivity index (χ1v) is 3.49. The molecule has 0 bridgehead atoms. The number of benzene rings is 1. The molecule has 0 amide bonds. The van der Waals surface area contributed by atoms with Gasteiger partial charge >= 0.3 is 5.97 Å². The van der Waals surface area contributed by atoms with Crippen LogP contribution in [0.5, 0.6) is 5.75 Å². The molecule has 0 radical (unpaired) electrons. The van der Waals surface area contributed by atoms with Crippen LogP contribution in [0.25, 0.3) is 0 Å². The van der Waals surface area contributed by atoms with Crippen molar-refractivity contribution >= 4 is 5.97 Å². The lowest BCUT2D eigenvalue weighted by molar-refractivity contribution is -0.132. The van der Waals surface area contributed by atoms with Gasteiger partial charge in [0.15, 0.2) is 11.6 Å². The van der Waals surface area contributed by atoms with E-state index in [1.165, 1.54) is 0 Å². The summed E-state index contributed by atoms with van der Waals surface area (Å²) in [6.45, 7) is -0.379. The van der Waals surface area contributed by atoms with Crippen LogP contribution in [0.1, 0.15) is 0 Å². The minimum absolute atomic E-state index is 0.379. The Morgan fingerprint density at radius 3 is 2.77 bits per heavy atom. The van der Waals surface area contributed by atoms with Crippen LogP contribution in [0.2, 0.25) is 0 Å².